The van der Waals surface area contributed by atoms with Crippen LogP contribution in [0, 0.1) is 13.8 Å². The van der Waals surface area contributed by atoms with Crippen LogP contribution in [0.2, 0.25) is 0 Å². The number of imidazole rings is 1. The zero-order valence-corrected chi connectivity index (χ0v) is 26.5. The second-order valence-corrected chi connectivity index (χ2v) is 13.2. The molecule has 2 atom stereocenters. The van der Waals surface area contributed by atoms with Crippen molar-refractivity contribution < 1.29 is 9.18 Å². The lowest BCUT2D eigenvalue weighted by Crippen LogP contribution is -2.32. The van der Waals surface area contributed by atoms with Gasteiger partial charge in [0, 0.05) is 47.2 Å². The summed E-state index contributed by atoms with van der Waals surface area (Å²) >= 11 is 1.35. The molecule has 228 valence electrons. The molecule has 1 saturated carbocycles. The van der Waals surface area contributed by atoms with Crippen LogP contribution in [0.1, 0.15) is 60.8 Å². The maximum atomic E-state index is 14.4. The fourth-order valence-electron chi connectivity index (χ4n) is 6.83. The average molecular weight is 612 g/mol. The predicted octanol–water partition coefficient (Wildman–Crippen LogP) is 6.47. The number of hydrogen-bond donors (Lipinski definition) is 1. The van der Waals surface area contributed by atoms with E-state index in [1.807, 2.05) is 11.6 Å². The van der Waals surface area contributed by atoms with Crippen molar-refractivity contribution in [2.24, 2.45) is 0 Å². The van der Waals surface area contributed by atoms with Gasteiger partial charge >= 0.3 is 0 Å². The lowest BCUT2D eigenvalue weighted by molar-refractivity contribution is -0.118. The standard InChI is InChI=1S/C34H38FN7OS/c1-5-40(6-2)19-34(11-12-34)24-9-7-23(8-10-24)26-15-21(3)27-18-42(39-29(27)22(26)4)31(32(43)38-33-36-13-14-44-33)30-28-16-25(35)17-41(28)20-37-30/h7-10,13-15,18,20,25,31H,5-6,11-12,16-17,19H2,1-4H3,(H,36,38,43)/t25-,31?/m1/s1. The van der Waals surface area contributed by atoms with Crippen LogP contribution in [0.25, 0.3) is 22.0 Å². The van der Waals surface area contributed by atoms with Crippen molar-refractivity contribution in [3.63, 3.8) is 0 Å². The zero-order chi connectivity index (χ0) is 30.6. The molecule has 0 spiro atoms. The molecular formula is C34H38FN7OS. The van der Waals surface area contributed by atoms with E-state index in [1.54, 1.807) is 21.8 Å². The predicted molar refractivity (Wildman–Crippen MR) is 173 cm³/mol. The Kier molecular flexibility index (Phi) is 7.37. The number of fused-ring (bicyclic) bond motifs is 2. The number of aromatic nitrogens is 5. The van der Waals surface area contributed by atoms with Gasteiger partial charge in [0.2, 0.25) is 0 Å². The number of aryl methyl sites for hydroxylation is 2. The topological polar surface area (TPSA) is 80.9 Å². The molecule has 44 heavy (non-hydrogen) atoms. The van der Waals surface area contributed by atoms with E-state index in [1.165, 1.54) is 29.7 Å². The van der Waals surface area contributed by atoms with Gasteiger partial charge in [-0.15, -0.1) is 11.3 Å². The molecule has 4 heterocycles. The van der Waals surface area contributed by atoms with Gasteiger partial charge in [-0.25, -0.2) is 14.4 Å². The molecule has 1 amide bonds. The SMILES string of the molecule is CCN(CC)CC1(c2ccc(-c3cc(C)c4cn(C(C(=O)Nc5nccs5)c5ncn6c5C[C@@H](F)C6)nc4c3C)cc2)CC1. The Hall–Kier alpha value is -3.89. The van der Waals surface area contributed by atoms with Gasteiger partial charge in [-0.05, 0) is 67.6 Å². The Morgan fingerprint density at radius 2 is 1.95 bits per heavy atom. The van der Waals surface area contributed by atoms with Gasteiger partial charge in [0.05, 0.1) is 24.1 Å². The fourth-order valence-corrected chi connectivity index (χ4v) is 7.37. The molecular weight excluding hydrogens is 573 g/mol. The van der Waals surface area contributed by atoms with Crippen LogP contribution in [0.4, 0.5) is 9.52 Å². The van der Waals surface area contributed by atoms with Crippen molar-refractivity contribution in [1.29, 1.82) is 0 Å². The maximum Gasteiger partial charge on any atom is 0.257 e. The number of carbonyl (C=O) groups is 1. The monoisotopic (exact) mass is 611 g/mol. The summed E-state index contributed by atoms with van der Waals surface area (Å²) in [7, 11) is 0. The van der Waals surface area contributed by atoms with E-state index in [0.29, 0.717) is 10.8 Å². The summed E-state index contributed by atoms with van der Waals surface area (Å²) in [5, 5.41) is 11.2. The van der Waals surface area contributed by atoms with Crippen LogP contribution in [0.15, 0.2) is 54.4 Å². The summed E-state index contributed by atoms with van der Waals surface area (Å²) < 4.78 is 17.9. The summed E-state index contributed by atoms with van der Waals surface area (Å²) in [4.78, 5) is 25.1. The van der Waals surface area contributed by atoms with Crippen LogP contribution in [-0.2, 0) is 23.2 Å². The number of thiazole rings is 1. The van der Waals surface area contributed by atoms with E-state index in [2.05, 4.69) is 78.2 Å². The first kappa shape index (κ1) is 28.9. The van der Waals surface area contributed by atoms with Gasteiger partial charge in [0.25, 0.3) is 5.91 Å². The highest BCUT2D eigenvalue weighted by Crippen LogP contribution is 2.49. The molecule has 1 unspecified atom stereocenters. The molecule has 2 aliphatic rings. The lowest BCUT2D eigenvalue weighted by Gasteiger charge is -2.25. The Morgan fingerprint density at radius 3 is 2.64 bits per heavy atom. The number of halogens is 1. The molecule has 0 saturated heterocycles. The number of rotatable bonds is 10. The number of benzene rings is 2. The molecule has 1 aliphatic carbocycles. The Morgan fingerprint density at radius 1 is 1.18 bits per heavy atom. The Bertz CT molecular complexity index is 1820. The van der Waals surface area contributed by atoms with Gasteiger partial charge in [0.15, 0.2) is 11.2 Å². The van der Waals surface area contributed by atoms with Crippen LogP contribution in [0.3, 0.4) is 0 Å². The third-order valence-electron chi connectivity index (χ3n) is 9.58. The molecule has 7 rings (SSSR count). The van der Waals surface area contributed by atoms with Crippen molar-refractivity contribution in [3.05, 3.63) is 82.5 Å². The highest BCUT2D eigenvalue weighted by atomic mass is 32.1. The summed E-state index contributed by atoms with van der Waals surface area (Å²) in [5.41, 5.74) is 8.23. The highest BCUT2D eigenvalue weighted by molar-refractivity contribution is 7.13. The van der Waals surface area contributed by atoms with Crippen LogP contribution < -0.4 is 5.32 Å². The third-order valence-corrected chi connectivity index (χ3v) is 10.3. The number of amides is 1. The Labute approximate surface area is 260 Å². The van der Waals surface area contributed by atoms with Crippen LogP contribution >= 0.6 is 11.3 Å². The maximum absolute atomic E-state index is 14.4. The van der Waals surface area contributed by atoms with E-state index in [4.69, 9.17) is 5.10 Å². The molecule has 0 radical (unpaired) electrons. The minimum absolute atomic E-state index is 0.228. The molecule has 10 heteroatoms. The van der Waals surface area contributed by atoms with Crippen molar-refractivity contribution in [1.82, 2.24) is 29.2 Å². The van der Waals surface area contributed by atoms with E-state index in [-0.39, 0.29) is 24.3 Å². The number of carbonyl (C=O) groups excluding carboxylic acids is 1. The fraction of sp³-hybridized carbons (Fsp3) is 0.412. The second kappa shape index (κ2) is 11.2. The summed E-state index contributed by atoms with van der Waals surface area (Å²) in [6, 6.07) is 10.5. The molecule has 8 nitrogen and oxygen atoms in total. The molecule has 1 aliphatic heterocycles. The Balaban J connectivity index is 1.25. The van der Waals surface area contributed by atoms with Gasteiger partial charge in [-0.1, -0.05) is 44.2 Å². The number of alkyl halides is 1. The first-order chi connectivity index (χ1) is 21.3. The van der Waals surface area contributed by atoms with Crippen molar-refractivity contribution in [2.45, 2.75) is 71.1 Å². The first-order valence-electron chi connectivity index (χ1n) is 15.5. The van der Waals surface area contributed by atoms with E-state index in [9.17, 15) is 9.18 Å². The minimum Gasteiger partial charge on any atom is -0.331 e. The van der Waals surface area contributed by atoms with E-state index < -0.39 is 12.2 Å². The van der Waals surface area contributed by atoms with Gasteiger partial charge in [0.1, 0.15) is 6.17 Å². The number of likely N-dealkylation sites (N-methyl/N-ethyl adjacent to an activating group) is 1. The number of nitrogens with one attached hydrogen (secondary N) is 1. The van der Waals surface area contributed by atoms with Crippen molar-refractivity contribution in [2.75, 3.05) is 25.0 Å². The normalized spacial score (nSPS) is 17.7. The zero-order valence-electron chi connectivity index (χ0n) is 25.7. The average Bonchev–Trinajstić information content (AvgIpc) is 3.43. The molecule has 1 fully saturated rings. The van der Waals surface area contributed by atoms with Gasteiger partial charge in [-0.2, -0.15) is 5.10 Å². The summed E-state index contributed by atoms with van der Waals surface area (Å²) in [6.07, 6.45) is 6.93. The summed E-state index contributed by atoms with van der Waals surface area (Å²) in [6.45, 7) is 12.2. The minimum atomic E-state index is -0.989. The number of nitrogens with zero attached hydrogens (tertiary/aromatic N) is 6. The molecule has 2 aromatic carbocycles. The lowest BCUT2D eigenvalue weighted by atomic mass is 9.91. The first-order valence-corrected chi connectivity index (χ1v) is 16.4. The largest absolute Gasteiger partial charge is 0.331 e. The van der Waals surface area contributed by atoms with Gasteiger partial charge in [-0.3, -0.25) is 14.8 Å². The molecule has 1 N–H and O–H groups in total. The molecule has 3 aromatic heterocycles. The van der Waals surface area contributed by atoms with E-state index in [0.717, 1.165) is 58.5 Å². The van der Waals surface area contributed by atoms with E-state index >= 15 is 0 Å². The molecule has 5 aromatic rings. The summed E-state index contributed by atoms with van der Waals surface area (Å²) in [5.74, 6) is -0.304. The molecule has 0 bridgehead atoms. The third kappa shape index (κ3) is 5.03. The van der Waals surface area contributed by atoms with Crippen molar-refractivity contribution in [3.8, 4) is 11.1 Å². The highest BCUT2D eigenvalue weighted by Gasteiger charge is 2.45. The second-order valence-electron chi connectivity index (χ2n) is 12.3. The quantitative estimate of drug-likeness (QED) is 0.196. The number of hydrogen-bond acceptors (Lipinski definition) is 6. The smallest absolute Gasteiger partial charge is 0.257 e. The van der Waals surface area contributed by atoms with Gasteiger partial charge < -0.3 is 9.47 Å². The van der Waals surface area contributed by atoms with Crippen molar-refractivity contribution >= 4 is 33.3 Å². The number of anilines is 1. The van der Waals surface area contributed by atoms with Crippen LogP contribution in [-0.4, -0.2) is 60.9 Å². The van der Waals surface area contributed by atoms with Crippen LogP contribution in [0.5, 0.6) is 0 Å².